The van der Waals surface area contributed by atoms with Gasteiger partial charge in [0, 0.05) is 14.1 Å². The number of nitrogens with zero attached hydrogens (tertiary/aromatic N) is 5. The summed E-state index contributed by atoms with van der Waals surface area (Å²) in [6.45, 7) is 2.00. The monoisotopic (exact) mass is 301 g/mol. The molecular formula is C15H16FN5O. The van der Waals surface area contributed by atoms with E-state index in [1.807, 2.05) is 31.2 Å². The van der Waals surface area contributed by atoms with Gasteiger partial charge in [-0.2, -0.15) is 9.97 Å². The van der Waals surface area contributed by atoms with Crippen LogP contribution in [0.4, 0.5) is 10.2 Å². The van der Waals surface area contributed by atoms with Gasteiger partial charge in [0.2, 0.25) is 0 Å². The smallest absolute Gasteiger partial charge is 0.347 e. The maximum atomic E-state index is 13.5. The van der Waals surface area contributed by atoms with Crippen molar-refractivity contribution in [1.29, 1.82) is 0 Å². The van der Waals surface area contributed by atoms with E-state index in [9.17, 15) is 4.39 Å². The molecule has 0 aliphatic heterocycles. The van der Waals surface area contributed by atoms with E-state index in [-0.39, 0.29) is 11.8 Å². The Hall–Kier alpha value is -2.83. The molecule has 0 amide bonds. The van der Waals surface area contributed by atoms with E-state index in [1.54, 1.807) is 19.0 Å². The Labute approximate surface area is 128 Å². The minimum atomic E-state index is -0.632. The molecule has 0 unspecified atom stereocenters. The summed E-state index contributed by atoms with van der Waals surface area (Å²) < 4.78 is 13.5. The van der Waals surface area contributed by atoms with Crippen LogP contribution >= 0.6 is 0 Å². The van der Waals surface area contributed by atoms with Crippen LogP contribution in [0.1, 0.15) is 11.1 Å². The van der Waals surface area contributed by atoms with Crippen LogP contribution in [0.25, 0.3) is 0 Å². The summed E-state index contributed by atoms with van der Waals surface area (Å²) in [6, 6.07) is 7.66. The second kappa shape index (κ2) is 7.26. The predicted molar refractivity (Wildman–Crippen MR) is 83.2 cm³/mol. The molecular weight excluding hydrogens is 285 g/mol. The first-order valence-electron chi connectivity index (χ1n) is 6.55. The van der Waals surface area contributed by atoms with Crippen molar-refractivity contribution in [2.75, 3.05) is 14.1 Å². The highest BCUT2D eigenvalue weighted by Gasteiger charge is 2.06. The summed E-state index contributed by atoms with van der Waals surface area (Å²) in [5.41, 5.74) is 2.03. The van der Waals surface area contributed by atoms with E-state index in [0.29, 0.717) is 0 Å². The van der Waals surface area contributed by atoms with Crippen molar-refractivity contribution in [3.8, 4) is 6.01 Å². The standard InChI is InChI=1S/C15H16FN5O/c1-11-4-6-12(7-5-11)8-19-22-15-17-9-13(16)14(20-15)18-10-21(2)3/h4-10H,1-3H3/b18-10+,19-8?. The molecule has 0 spiro atoms. The maximum absolute atomic E-state index is 13.5. The second-order valence-corrected chi connectivity index (χ2v) is 4.77. The highest BCUT2D eigenvalue weighted by molar-refractivity contribution is 5.79. The molecule has 0 saturated heterocycles. The van der Waals surface area contributed by atoms with Crippen LogP contribution < -0.4 is 4.84 Å². The van der Waals surface area contributed by atoms with E-state index < -0.39 is 5.82 Å². The molecule has 7 heteroatoms. The lowest BCUT2D eigenvalue weighted by Gasteiger charge is -2.03. The molecule has 0 bridgehead atoms. The highest BCUT2D eigenvalue weighted by Crippen LogP contribution is 2.16. The Morgan fingerprint density at radius 3 is 2.64 bits per heavy atom. The third kappa shape index (κ3) is 4.62. The third-order valence-corrected chi connectivity index (χ3v) is 2.53. The number of aryl methyl sites for hydroxylation is 1. The number of oxime groups is 1. The summed E-state index contributed by atoms with van der Waals surface area (Å²) >= 11 is 0. The average molecular weight is 301 g/mol. The summed E-state index contributed by atoms with van der Waals surface area (Å²) in [4.78, 5) is 18.1. The van der Waals surface area contributed by atoms with Gasteiger partial charge >= 0.3 is 6.01 Å². The van der Waals surface area contributed by atoms with Crippen LogP contribution in [0.15, 0.2) is 40.6 Å². The van der Waals surface area contributed by atoms with Gasteiger partial charge in [0.05, 0.1) is 18.7 Å². The molecule has 114 valence electrons. The molecule has 0 radical (unpaired) electrons. The molecule has 0 atom stereocenters. The van der Waals surface area contributed by atoms with Crippen molar-refractivity contribution in [2.24, 2.45) is 10.1 Å². The highest BCUT2D eigenvalue weighted by atomic mass is 19.1. The minimum Gasteiger partial charge on any atom is -0.369 e. The molecule has 1 aromatic heterocycles. The summed E-state index contributed by atoms with van der Waals surface area (Å²) in [5.74, 6) is -0.739. The second-order valence-electron chi connectivity index (χ2n) is 4.77. The van der Waals surface area contributed by atoms with Gasteiger partial charge in [-0.05, 0) is 12.5 Å². The van der Waals surface area contributed by atoms with Crippen molar-refractivity contribution in [2.45, 2.75) is 6.92 Å². The molecule has 0 N–H and O–H groups in total. The predicted octanol–water partition coefficient (Wildman–Crippen LogP) is 2.56. The van der Waals surface area contributed by atoms with Gasteiger partial charge in [-0.25, -0.2) is 9.38 Å². The Balaban J connectivity index is 2.06. The lowest BCUT2D eigenvalue weighted by atomic mass is 10.2. The SMILES string of the molecule is Cc1ccc(C=NOc2ncc(F)c(/N=C/N(C)C)n2)cc1. The van der Waals surface area contributed by atoms with Crippen LogP contribution in [-0.4, -0.2) is 41.5 Å². The first kappa shape index (κ1) is 15.6. The largest absolute Gasteiger partial charge is 0.369 e. The normalized spacial score (nSPS) is 11.3. The van der Waals surface area contributed by atoms with Crippen molar-refractivity contribution >= 4 is 18.4 Å². The molecule has 6 nitrogen and oxygen atoms in total. The Morgan fingerprint density at radius 2 is 1.95 bits per heavy atom. The zero-order chi connectivity index (χ0) is 15.9. The average Bonchev–Trinajstić information content (AvgIpc) is 2.49. The fourth-order valence-corrected chi connectivity index (χ4v) is 1.43. The van der Waals surface area contributed by atoms with Crippen LogP contribution in [-0.2, 0) is 0 Å². The van der Waals surface area contributed by atoms with E-state index in [2.05, 4.69) is 20.1 Å². The van der Waals surface area contributed by atoms with Crippen molar-refractivity contribution < 1.29 is 9.23 Å². The third-order valence-electron chi connectivity index (χ3n) is 2.53. The summed E-state index contributed by atoms with van der Waals surface area (Å²) in [6.07, 6.45) is 3.95. The Kier molecular flexibility index (Phi) is 5.13. The van der Waals surface area contributed by atoms with E-state index >= 15 is 0 Å². The minimum absolute atomic E-state index is 0.0735. The van der Waals surface area contributed by atoms with Crippen molar-refractivity contribution in [3.05, 3.63) is 47.4 Å². The quantitative estimate of drug-likeness (QED) is 0.484. The molecule has 0 saturated carbocycles. The zero-order valence-corrected chi connectivity index (χ0v) is 12.6. The van der Waals surface area contributed by atoms with E-state index in [4.69, 9.17) is 4.84 Å². The fraction of sp³-hybridized carbons (Fsp3) is 0.200. The molecule has 2 rings (SSSR count). The van der Waals surface area contributed by atoms with Gasteiger partial charge in [-0.3, -0.25) is 0 Å². The molecule has 22 heavy (non-hydrogen) atoms. The first-order valence-corrected chi connectivity index (χ1v) is 6.55. The number of hydrogen-bond donors (Lipinski definition) is 0. The molecule has 0 aliphatic rings. The van der Waals surface area contributed by atoms with Crippen LogP contribution in [0, 0.1) is 12.7 Å². The number of hydrogen-bond acceptors (Lipinski definition) is 5. The first-order chi connectivity index (χ1) is 10.5. The summed E-state index contributed by atoms with van der Waals surface area (Å²) in [7, 11) is 3.54. The number of aliphatic imine (C=N–C) groups is 1. The van der Waals surface area contributed by atoms with Crippen molar-refractivity contribution in [1.82, 2.24) is 14.9 Å². The number of aromatic nitrogens is 2. The van der Waals surface area contributed by atoms with E-state index in [0.717, 1.165) is 17.3 Å². The number of benzene rings is 1. The molecule has 1 aromatic carbocycles. The molecule has 0 fully saturated rings. The molecule has 1 heterocycles. The topological polar surface area (TPSA) is 63.0 Å². The van der Waals surface area contributed by atoms with Crippen LogP contribution in [0.2, 0.25) is 0 Å². The maximum Gasteiger partial charge on any atom is 0.347 e. The number of halogens is 1. The zero-order valence-electron chi connectivity index (χ0n) is 12.6. The van der Waals surface area contributed by atoms with Crippen LogP contribution in [0.5, 0.6) is 6.01 Å². The van der Waals surface area contributed by atoms with E-state index in [1.165, 1.54) is 12.6 Å². The Bertz CT molecular complexity index is 683. The fourth-order valence-electron chi connectivity index (χ4n) is 1.43. The summed E-state index contributed by atoms with van der Waals surface area (Å²) in [5, 5.41) is 3.77. The van der Waals surface area contributed by atoms with Gasteiger partial charge < -0.3 is 9.74 Å². The Morgan fingerprint density at radius 1 is 1.23 bits per heavy atom. The lowest BCUT2D eigenvalue weighted by molar-refractivity contribution is 0.313. The van der Waals surface area contributed by atoms with Gasteiger partial charge in [-0.15, -0.1) is 0 Å². The number of rotatable bonds is 5. The molecule has 2 aromatic rings. The van der Waals surface area contributed by atoms with Gasteiger partial charge in [0.25, 0.3) is 0 Å². The van der Waals surface area contributed by atoms with Gasteiger partial charge in [0.15, 0.2) is 11.6 Å². The van der Waals surface area contributed by atoms with Gasteiger partial charge in [-0.1, -0.05) is 35.0 Å². The van der Waals surface area contributed by atoms with Gasteiger partial charge in [0.1, 0.15) is 0 Å². The lowest BCUT2D eigenvalue weighted by Crippen LogP contribution is -2.07. The van der Waals surface area contributed by atoms with Crippen LogP contribution in [0.3, 0.4) is 0 Å². The van der Waals surface area contributed by atoms with Crippen molar-refractivity contribution in [3.63, 3.8) is 0 Å². The molecule has 0 aliphatic carbocycles.